The summed E-state index contributed by atoms with van der Waals surface area (Å²) in [5, 5.41) is 0.617. The van der Waals surface area contributed by atoms with Gasteiger partial charge in [-0.2, -0.15) is 0 Å². The Hall–Kier alpha value is -1.40. The van der Waals surface area contributed by atoms with E-state index in [-0.39, 0.29) is 5.82 Å². The number of hydrogen-bond donors (Lipinski definition) is 3. The van der Waals surface area contributed by atoms with E-state index in [1.165, 1.54) is 18.3 Å². The van der Waals surface area contributed by atoms with Crippen LogP contribution in [0.4, 0.5) is 4.39 Å². The number of amides is 1. The Morgan fingerprint density at radius 3 is 2.93 bits per heavy atom. The topological polar surface area (TPSA) is 70.9 Å². The summed E-state index contributed by atoms with van der Waals surface area (Å²) in [6, 6.07) is 2.85. The Bertz CT molecular complexity index is 537. The second-order valence-electron chi connectivity index (χ2n) is 2.99. The highest BCUT2D eigenvalue weighted by Crippen LogP contribution is 2.25. The van der Waals surface area contributed by atoms with E-state index < -0.39 is 5.91 Å². The number of H-pyrrole nitrogens is 1. The van der Waals surface area contributed by atoms with Crippen LogP contribution < -0.4 is 11.3 Å². The van der Waals surface area contributed by atoms with Crippen molar-refractivity contribution < 1.29 is 9.18 Å². The molecule has 0 saturated heterocycles. The molecule has 0 radical (unpaired) electrons. The van der Waals surface area contributed by atoms with Gasteiger partial charge in [-0.3, -0.25) is 10.2 Å². The second-order valence-corrected chi connectivity index (χ2v) is 3.84. The predicted molar refractivity (Wildman–Crippen MR) is 57.6 cm³/mol. The summed E-state index contributed by atoms with van der Waals surface area (Å²) in [4.78, 5) is 14.1. The first kappa shape index (κ1) is 10.1. The molecule has 78 valence electrons. The molecule has 6 heteroatoms. The molecule has 0 bridgehead atoms. The lowest BCUT2D eigenvalue weighted by Crippen LogP contribution is -2.29. The van der Waals surface area contributed by atoms with Crippen LogP contribution in [0.15, 0.2) is 22.8 Å². The molecule has 0 aliphatic heterocycles. The normalized spacial score (nSPS) is 10.6. The summed E-state index contributed by atoms with van der Waals surface area (Å²) in [5.41, 5.74) is 2.96. The molecule has 1 aromatic carbocycles. The molecule has 0 spiro atoms. The van der Waals surface area contributed by atoms with E-state index in [0.29, 0.717) is 20.9 Å². The smallest absolute Gasteiger partial charge is 0.267 e. The van der Waals surface area contributed by atoms with Crippen molar-refractivity contribution in [2.24, 2.45) is 5.84 Å². The second kappa shape index (κ2) is 3.63. The summed E-state index contributed by atoms with van der Waals surface area (Å²) in [5.74, 6) is 4.22. The van der Waals surface area contributed by atoms with Crippen molar-refractivity contribution >= 4 is 32.7 Å². The Balaban J connectivity index is 2.69. The zero-order chi connectivity index (χ0) is 11.0. The molecule has 4 N–H and O–H groups in total. The molecule has 0 saturated carbocycles. The molecule has 2 rings (SSSR count). The molecule has 4 nitrogen and oxygen atoms in total. The van der Waals surface area contributed by atoms with Crippen LogP contribution in [0.2, 0.25) is 0 Å². The van der Waals surface area contributed by atoms with Gasteiger partial charge in [0.2, 0.25) is 0 Å². The van der Waals surface area contributed by atoms with Crippen molar-refractivity contribution in [3.05, 3.63) is 34.2 Å². The molecule has 15 heavy (non-hydrogen) atoms. The van der Waals surface area contributed by atoms with Gasteiger partial charge >= 0.3 is 0 Å². The number of carbonyl (C=O) groups excluding carboxylic acids is 1. The zero-order valence-corrected chi connectivity index (χ0v) is 9.06. The van der Waals surface area contributed by atoms with Gasteiger partial charge in [0.05, 0.1) is 10.0 Å². The van der Waals surface area contributed by atoms with Gasteiger partial charge in [0.15, 0.2) is 0 Å². The average Bonchev–Trinajstić information content (AvgIpc) is 2.61. The molecule has 0 aliphatic carbocycles. The number of fused-ring (bicyclic) bond motifs is 1. The fraction of sp³-hybridized carbons (Fsp3) is 0. The number of halogens is 2. The monoisotopic (exact) mass is 271 g/mol. The van der Waals surface area contributed by atoms with Crippen molar-refractivity contribution in [1.82, 2.24) is 10.4 Å². The van der Waals surface area contributed by atoms with Gasteiger partial charge in [0.1, 0.15) is 5.82 Å². The number of benzene rings is 1. The standard InChI is InChI=1S/C9H7BrFN3O/c10-6-1-4-5(9(15)14-12)3-13-8(4)2-7(6)11/h1-3,13H,12H2,(H,14,15). The van der Waals surface area contributed by atoms with E-state index in [9.17, 15) is 9.18 Å². The van der Waals surface area contributed by atoms with Crippen molar-refractivity contribution in [2.45, 2.75) is 0 Å². The van der Waals surface area contributed by atoms with E-state index in [1.807, 2.05) is 5.43 Å². The molecule has 0 atom stereocenters. The summed E-state index contributed by atoms with van der Waals surface area (Å²) in [7, 11) is 0. The Labute approximate surface area is 92.7 Å². The first-order valence-electron chi connectivity index (χ1n) is 4.10. The molecule has 0 aliphatic rings. The van der Waals surface area contributed by atoms with Crippen LogP contribution in [-0.2, 0) is 0 Å². The summed E-state index contributed by atoms with van der Waals surface area (Å²) >= 11 is 3.05. The van der Waals surface area contributed by atoms with E-state index in [4.69, 9.17) is 5.84 Å². The minimum atomic E-state index is -0.417. The highest BCUT2D eigenvalue weighted by molar-refractivity contribution is 9.10. The highest BCUT2D eigenvalue weighted by atomic mass is 79.9. The third-order valence-electron chi connectivity index (χ3n) is 2.10. The lowest BCUT2D eigenvalue weighted by Gasteiger charge is -1.98. The number of hydrogen-bond acceptors (Lipinski definition) is 2. The van der Waals surface area contributed by atoms with Gasteiger partial charge in [-0.15, -0.1) is 0 Å². The number of nitrogens with two attached hydrogens (primary N) is 1. The fourth-order valence-corrected chi connectivity index (χ4v) is 1.73. The number of nitrogens with one attached hydrogen (secondary N) is 2. The number of carbonyl (C=O) groups is 1. The summed E-state index contributed by atoms with van der Waals surface area (Å²) < 4.78 is 13.5. The Kier molecular flexibility index (Phi) is 2.45. The van der Waals surface area contributed by atoms with Crippen LogP contribution in [0.25, 0.3) is 10.9 Å². The van der Waals surface area contributed by atoms with Crippen molar-refractivity contribution in [3.63, 3.8) is 0 Å². The number of rotatable bonds is 1. The SMILES string of the molecule is NNC(=O)c1c[nH]c2cc(F)c(Br)cc12. The third kappa shape index (κ3) is 1.62. The van der Waals surface area contributed by atoms with Crippen LogP contribution in [0, 0.1) is 5.82 Å². The van der Waals surface area contributed by atoms with Crippen molar-refractivity contribution in [1.29, 1.82) is 0 Å². The molecule has 0 fully saturated rings. The first-order valence-corrected chi connectivity index (χ1v) is 4.90. The summed E-state index contributed by atoms with van der Waals surface area (Å²) in [6.07, 6.45) is 1.48. The average molecular weight is 272 g/mol. The molecular formula is C9H7BrFN3O. The molecule has 1 aromatic heterocycles. The molecule has 0 unspecified atom stereocenters. The maximum atomic E-state index is 13.1. The minimum Gasteiger partial charge on any atom is -0.360 e. The first-order chi connectivity index (χ1) is 7.13. The van der Waals surface area contributed by atoms with E-state index in [0.717, 1.165) is 0 Å². The van der Waals surface area contributed by atoms with Gasteiger partial charge in [-0.1, -0.05) is 0 Å². The van der Waals surface area contributed by atoms with Crippen LogP contribution >= 0.6 is 15.9 Å². The lowest BCUT2D eigenvalue weighted by atomic mass is 10.1. The predicted octanol–water partition coefficient (Wildman–Crippen LogP) is 1.67. The van der Waals surface area contributed by atoms with E-state index >= 15 is 0 Å². The van der Waals surface area contributed by atoms with Crippen LogP contribution in [0.5, 0.6) is 0 Å². The minimum absolute atomic E-state index is 0.306. The van der Waals surface area contributed by atoms with Crippen LogP contribution in [0.3, 0.4) is 0 Å². The number of hydrazine groups is 1. The number of aromatic amines is 1. The molecular weight excluding hydrogens is 265 g/mol. The van der Waals surface area contributed by atoms with Crippen LogP contribution in [0.1, 0.15) is 10.4 Å². The maximum absolute atomic E-state index is 13.1. The fourth-order valence-electron chi connectivity index (χ4n) is 1.38. The van der Waals surface area contributed by atoms with Gasteiger partial charge < -0.3 is 4.98 Å². The van der Waals surface area contributed by atoms with E-state index in [1.54, 1.807) is 0 Å². The quantitative estimate of drug-likeness (QED) is 0.420. The molecule has 1 amide bonds. The maximum Gasteiger partial charge on any atom is 0.267 e. The largest absolute Gasteiger partial charge is 0.360 e. The Morgan fingerprint density at radius 2 is 2.27 bits per heavy atom. The summed E-state index contributed by atoms with van der Waals surface area (Å²) in [6.45, 7) is 0. The highest BCUT2D eigenvalue weighted by Gasteiger charge is 2.12. The lowest BCUT2D eigenvalue weighted by molar-refractivity contribution is 0.0955. The molecule has 1 heterocycles. The van der Waals surface area contributed by atoms with E-state index in [2.05, 4.69) is 20.9 Å². The van der Waals surface area contributed by atoms with Gasteiger partial charge in [-0.05, 0) is 28.1 Å². The van der Waals surface area contributed by atoms with Crippen LogP contribution in [-0.4, -0.2) is 10.9 Å². The zero-order valence-electron chi connectivity index (χ0n) is 7.47. The van der Waals surface area contributed by atoms with Gasteiger partial charge in [0, 0.05) is 17.1 Å². The third-order valence-corrected chi connectivity index (χ3v) is 2.71. The number of aromatic nitrogens is 1. The Morgan fingerprint density at radius 1 is 1.53 bits per heavy atom. The van der Waals surface area contributed by atoms with Gasteiger partial charge in [0.25, 0.3) is 5.91 Å². The van der Waals surface area contributed by atoms with Crippen molar-refractivity contribution in [3.8, 4) is 0 Å². The molecule has 2 aromatic rings. The van der Waals surface area contributed by atoms with Gasteiger partial charge in [-0.25, -0.2) is 10.2 Å². The number of nitrogen functional groups attached to an aromatic ring is 1. The van der Waals surface area contributed by atoms with Crippen molar-refractivity contribution in [2.75, 3.05) is 0 Å².